The lowest BCUT2D eigenvalue weighted by Gasteiger charge is -2.37. The lowest BCUT2D eigenvalue weighted by Crippen LogP contribution is -2.55. The van der Waals surface area contributed by atoms with Crippen molar-refractivity contribution in [3.05, 3.63) is 20.8 Å². The van der Waals surface area contributed by atoms with E-state index in [-0.39, 0.29) is 36.0 Å². The first kappa shape index (κ1) is 20.9. The standard InChI is InChI=1S/C16H23BrN4O2S.HI/c1-18-16(19-10-13-9-12(17)11-24-13)21-6-4-20(5-7-21)15(22)14-3-2-8-23-14;/h9,11,14H,2-8,10H2,1H3,(H,18,19);1H. The first-order chi connectivity index (χ1) is 11.7. The first-order valence-corrected chi connectivity index (χ1v) is 9.93. The third kappa shape index (κ3) is 5.54. The van der Waals surface area contributed by atoms with Gasteiger partial charge in [-0.3, -0.25) is 9.79 Å². The maximum Gasteiger partial charge on any atom is 0.251 e. The Morgan fingerprint density at radius 3 is 2.68 bits per heavy atom. The molecular formula is C16H24BrIN4O2S. The van der Waals surface area contributed by atoms with Gasteiger partial charge in [-0.2, -0.15) is 0 Å². The van der Waals surface area contributed by atoms with Crippen molar-refractivity contribution >= 4 is 63.1 Å². The molecule has 140 valence electrons. The van der Waals surface area contributed by atoms with Crippen molar-refractivity contribution in [1.29, 1.82) is 0 Å². The van der Waals surface area contributed by atoms with Gasteiger partial charge in [-0.1, -0.05) is 0 Å². The fourth-order valence-electron chi connectivity index (χ4n) is 3.06. The number of nitrogens with one attached hydrogen (secondary N) is 1. The van der Waals surface area contributed by atoms with E-state index in [0.717, 1.165) is 56.0 Å². The monoisotopic (exact) mass is 542 g/mol. The van der Waals surface area contributed by atoms with Gasteiger partial charge >= 0.3 is 0 Å². The van der Waals surface area contributed by atoms with Crippen LogP contribution >= 0.6 is 51.2 Å². The summed E-state index contributed by atoms with van der Waals surface area (Å²) in [7, 11) is 1.80. The minimum atomic E-state index is -0.216. The van der Waals surface area contributed by atoms with Crippen LogP contribution in [0.15, 0.2) is 20.9 Å². The summed E-state index contributed by atoms with van der Waals surface area (Å²) in [5, 5.41) is 5.48. The Morgan fingerprint density at radius 1 is 1.40 bits per heavy atom. The number of nitrogens with zero attached hydrogens (tertiary/aromatic N) is 3. The number of hydrogen-bond donors (Lipinski definition) is 1. The zero-order valence-corrected chi connectivity index (χ0v) is 19.0. The number of thiophene rings is 1. The quantitative estimate of drug-likeness (QED) is 0.362. The molecule has 3 heterocycles. The Labute approximate surface area is 178 Å². The Kier molecular flexibility index (Phi) is 8.43. The normalized spacial score (nSPS) is 21.2. The molecule has 0 radical (unpaired) electrons. The highest BCUT2D eigenvalue weighted by molar-refractivity contribution is 14.0. The van der Waals surface area contributed by atoms with Crippen molar-refractivity contribution in [3.63, 3.8) is 0 Å². The van der Waals surface area contributed by atoms with E-state index in [0.29, 0.717) is 6.61 Å². The summed E-state index contributed by atoms with van der Waals surface area (Å²) < 4.78 is 6.62. The van der Waals surface area contributed by atoms with Crippen LogP contribution in [0.25, 0.3) is 0 Å². The predicted octanol–water partition coefficient (Wildman–Crippen LogP) is 2.53. The second kappa shape index (κ2) is 10.1. The Balaban J connectivity index is 0.00000225. The van der Waals surface area contributed by atoms with Gasteiger partial charge in [-0.05, 0) is 34.8 Å². The molecule has 0 spiro atoms. The van der Waals surface area contributed by atoms with Crippen molar-refractivity contribution in [3.8, 4) is 0 Å². The number of aliphatic imine (C=N–C) groups is 1. The molecule has 9 heteroatoms. The summed E-state index contributed by atoms with van der Waals surface area (Å²) in [4.78, 5) is 22.2. The average Bonchev–Trinajstić information content (AvgIpc) is 3.27. The van der Waals surface area contributed by atoms with Crippen LogP contribution in [0, 0.1) is 0 Å². The molecule has 3 rings (SSSR count). The summed E-state index contributed by atoms with van der Waals surface area (Å²) >= 11 is 5.19. The molecule has 1 aromatic heterocycles. The van der Waals surface area contributed by atoms with E-state index < -0.39 is 0 Å². The van der Waals surface area contributed by atoms with Crippen LogP contribution < -0.4 is 5.32 Å². The van der Waals surface area contributed by atoms with Gasteiger partial charge < -0.3 is 19.9 Å². The second-order valence-electron chi connectivity index (χ2n) is 5.95. The molecule has 2 fully saturated rings. The van der Waals surface area contributed by atoms with Crippen LogP contribution in [-0.2, 0) is 16.1 Å². The fraction of sp³-hybridized carbons (Fsp3) is 0.625. The van der Waals surface area contributed by atoms with E-state index >= 15 is 0 Å². The van der Waals surface area contributed by atoms with Gasteiger partial charge in [-0.15, -0.1) is 35.3 Å². The van der Waals surface area contributed by atoms with Crippen LogP contribution in [0.3, 0.4) is 0 Å². The summed E-state index contributed by atoms with van der Waals surface area (Å²) in [6.07, 6.45) is 1.64. The number of piperazine rings is 1. The van der Waals surface area contributed by atoms with Crippen LogP contribution in [0.4, 0.5) is 0 Å². The number of hydrogen-bond acceptors (Lipinski definition) is 4. The highest BCUT2D eigenvalue weighted by Gasteiger charge is 2.30. The lowest BCUT2D eigenvalue weighted by molar-refractivity contribution is -0.142. The van der Waals surface area contributed by atoms with Crippen LogP contribution in [0.5, 0.6) is 0 Å². The summed E-state index contributed by atoms with van der Waals surface area (Å²) in [6, 6.07) is 2.11. The molecule has 1 amide bonds. The fourth-order valence-corrected chi connectivity index (χ4v) is 4.45. The molecule has 0 aliphatic carbocycles. The Morgan fingerprint density at radius 2 is 2.12 bits per heavy atom. The van der Waals surface area contributed by atoms with E-state index in [4.69, 9.17) is 4.74 Å². The maximum atomic E-state index is 12.4. The molecule has 0 aromatic carbocycles. The minimum Gasteiger partial charge on any atom is -0.368 e. The third-order valence-electron chi connectivity index (χ3n) is 4.35. The number of rotatable bonds is 3. The van der Waals surface area contributed by atoms with Crippen molar-refractivity contribution in [1.82, 2.24) is 15.1 Å². The number of halogens is 2. The number of carbonyl (C=O) groups excluding carboxylic acids is 1. The summed E-state index contributed by atoms with van der Waals surface area (Å²) in [5.41, 5.74) is 0. The van der Waals surface area contributed by atoms with Gasteiger partial charge in [-0.25, -0.2) is 0 Å². The molecule has 1 unspecified atom stereocenters. The molecule has 1 aromatic rings. The van der Waals surface area contributed by atoms with E-state index in [1.165, 1.54) is 4.88 Å². The molecule has 2 aliphatic heterocycles. The average molecular weight is 543 g/mol. The molecule has 0 bridgehead atoms. The van der Waals surface area contributed by atoms with E-state index in [9.17, 15) is 4.79 Å². The highest BCUT2D eigenvalue weighted by atomic mass is 127. The van der Waals surface area contributed by atoms with Gasteiger partial charge in [0.1, 0.15) is 6.10 Å². The highest BCUT2D eigenvalue weighted by Crippen LogP contribution is 2.19. The lowest BCUT2D eigenvalue weighted by atomic mass is 10.2. The van der Waals surface area contributed by atoms with Crippen LogP contribution in [0.2, 0.25) is 0 Å². The number of guanidine groups is 1. The van der Waals surface area contributed by atoms with Gasteiger partial charge in [0.05, 0.1) is 6.54 Å². The molecular weight excluding hydrogens is 519 g/mol. The van der Waals surface area contributed by atoms with Gasteiger partial charge in [0.2, 0.25) is 0 Å². The molecule has 2 saturated heterocycles. The van der Waals surface area contributed by atoms with Crippen LogP contribution in [0.1, 0.15) is 17.7 Å². The molecule has 1 N–H and O–H groups in total. The van der Waals surface area contributed by atoms with Crippen LogP contribution in [-0.4, -0.2) is 67.6 Å². The van der Waals surface area contributed by atoms with Crippen molar-refractivity contribution in [2.24, 2.45) is 4.99 Å². The molecule has 6 nitrogen and oxygen atoms in total. The molecule has 1 atom stereocenters. The van der Waals surface area contributed by atoms with E-state index in [1.807, 2.05) is 4.90 Å². The Hall–Kier alpha value is -0.390. The zero-order valence-electron chi connectivity index (χ0n) is 14.2. The van der Waals surface area contributed by atoms with Crippen molar-refractivity contribution in [2.45, 2.75) is 25.5 Å². The predicted molar refractivity (Wildman–Crippen MR) is 115 cm³/mol. The third-order valence-corrected chi connectivity index (χ3v) is 6.05. The number of ether oxygens (including phenoxy) is 1. The summed E-state index contributed by atoms with van der Waals surface area (Å²) in [6.45, 7) is 4.52. The van der Waals surface area contributed by atoms with E-state index in [1.54, 1.807) is 18.4 Å². The zero-order chi connectivity index (χ0) is 16.9. The van der Waals surface area contributed by atoms with E-state index in [2.05, 4.69) is 42.6 Å². The SMILES string of the molecule is CN=C(NCc1cc(Br)cs1)N1CCN(C(=O)C2CCCO2)CC1.I. The first-order valence-electron chi connectivity index (χ1n) is 8.26. The molecule has 0 saturated carbocycles. The number of amides is 1. The summed E-state index contributed by atoms with van der Waals surface area (Å²) in [5.74, 6) is 1.04. The maximum absolute atomic E-state index is 12.4. The topological polar surface area (TPSA) is 57.2 Å². The minimum absolute atomic E-state index is 0. The van der Waals surface area contributed by atoms with Gasteiger partial charge in [0, 0.05) is 54.6 Å². The molecule has 2 aliphatic rings. The largest absolute Gasteiger partial charge is 0.368 e. The van der Waals surface area contributed by atoms with Crippen molar-refractivity contribution in [2.75, 3.05) is 39.8 Å². The smallest absolute Gasteiger partial charge is 0.251 e. The van der Waals surface area contributed by atoms with Gasteiger partial charge in [0.25, 0.3) is 5.91 Å². The second-order valence-corrected chi connectivity index (χ2v) is 7.86. The van der Waals surface area contributed by atoms with Gasteiger partial charge in [0.15, 0.2) is 5.96 Å². The number of carbonyl (C=O) groups is 1. The van der Waals surface area contributed by atoms with Crippen molar-refractivity contribution < 1.29 is 9.53 Å². The molecule has 25 heavy (non-hydrogen) atoms. The Bertz CT molecular complexity index is 599.